The van der Waals surface area contributed by atoms with E-state index in [1.807, 2.05) is 18.2 Å². The van der Waals surface area contributed by atoms with E-state index in [0.717, 1.165) is 18.9 Å². The van der Waals surface area contributed by atoms with E-state index in [2.05, 4.69) is 33.7 Å². The number of guanidine groups is 1. The molecule has 92 valence electrons. The van der Waals surface area contributed by atoms with Gasteiger partial charge in [-0.05, 0) is 12.0 Å². The van der Waals surface area contributed by atoms with Gasteiger partial charge in [-0.15, -0.1) is 30.4 Å². The van der Waals surface area contributed by atoms with Gasteiger partial charge in [0, 0.05) is 13.6 Å². The minimum absolute atomic E-state index is 0. The fourth-order valence-corrected chi connectivity index (χ4v) is 1.33. The van der Waals surface area contributed by atoms with Crippen LogP contribution >= 0.6 is 24.0 Å². The summed E-state index contributed by atoms with van der Waals surface area (Å²) in [5.74, 6) is 3.25. The predicted octanol–water partition coefficient (Wildman–Crippen LogP) is 1.65. The highest BCUT2D eigenvalue weighted by Gasteiger charge is 1.95. The molecule has 1 rings (SSSR count). The number of rotatable bonds is 4. The van der Waals surface area contributed by atoms with Crippen LogP contribution in [0.15, 0.2) is 35.3 Å². The Labute approximate surface area is 120 Å². The lowest BCUT2D eigenvalue weighted by atomic mass is 10.1. The van der Waals surface area contributed by atoms with E-state index >= 15 is 0 Å². The highest BCUT2D eigenvalue weighted by Crippen LogP contribution is 1.97. The van der Waals surface area contributed by atoms with Crippen molar-refractivity contribution in [1.29, 1.82) is 0 Å². The molecule has 0 aliphatic carbocycles. The Balaban J connectivity index is 0.00000256. The molecule has 0 saturated heterocycles. The van der Waals surface area contributed by atoms with Crippen LogP contribution in [-0.4, -0.2) is 26.1 Å². The van der Waals surface area contributed by atoms with E-state index in [1.54, 1.807) is 7.05 Å². The molecule has 0 aromatic heterocycles. The number of nitrogens with zero attached hydrogens (tertiary/aromatic N) is 1. The Morgan fingerprint density at radius 2 is 2.00 bits per heavy atom. The molecule has 0 fully saturated rings. The molecule has 17 heavy (non-hydrogen) atoms. The lowest BCUT2D eigenvalue weighted by Gasteiger charge is -2.09. The number of benzene rings is 1. The molecule has 2 N–H and O–H groups in total. The lowest BCUT2D eigenvalue weighted by molar-refractivity contribution is 0.824. The second kappa shape index (κ2) is 9.97. The van der Waals surface area contributed by atoms with Gasteiger partial charge in [0.1, 0.15) is 0 Å². The summed E-state index contributed by atoms with van der Waals surface area (Å²) in [6.45, 7) is 1.33. The van der Waals surface area contributed by atoms with Crippen LogP contribution in [0.5, 0.6) is 0 Å². The van der Waals surface area contributed by atoms with Crippen LogP contribution in [0, 0.1) is 12.3 Å². The summed E-state index contributed by atoms with van der Waals surface area (Å²) in [5, 5.41) is 6.20. The number of aliphatic imine (C=N–C) groups is 1. The molecular formula is C13H18IN3. The first-order valence-electron chi connectivity index (χ1n) is 5.28. The van der Waals surface area contributed by atoms with Crippen LogP contribution in [-0.2, 0) is 6.42 Å². The van der Waals surface area contributed by atoms with Crippen LogP contribution in [0.25, 0.3) is 0 Å². The standard InChI is InChI=1S/C13H17N3.HI/c1-3-10-15-13(14-2)16-11-9-12-7-5-4-6-8-12;/h1,4-8H,9-11H2,2H3,(H2,14,15,16);1H. The molecule has 0 unspecified atom stereocenters. The van der Waals surface area contributed by atoms with Crippen LogP contribution in [0.3, 0.4) is 0 Å². The molecule has 0 aliphatic heterocycles. The summed E-state index contributed by atoms with van der Waals surface area (Å²) in [7, 11) is 1.73. The number of halogens is 1. The van der Waals surface area contributed by atoms with E-state index in [1.165, 1.54) is 5.56 Å². The molecule has 0 spiro atoms. The maximum absolute atomic E-state index is 5.16. The van der Waals surface area contributed by atoms with Gasteiger partial charge in [0.15, 0.2) is 5.96 Å². The van der Waals surface area contributed by atoms with Crippen molar-refractivity contribution < 1.29 is 0 Å². The van der Waals surface area contributed by atoms with Crippen molar-refractivity contribution in [1.82, 2.24) is 10.6 Å². The zero-order valence-electron chi connectivity index (χ0n) is 9.94. The molecule has 1 aromatic rings. The third-order valence-electron chi connectivity index (χ3n) is 2.13. The van der Waals surface area contributed by atoms with Gasteiger partial charge in [-0.1, -0.05) is 36.3 Å². The fraction of sp³-hybridized carbons (Fsp3) is 0.308. The van der Waals surface area contributed by atoms with Crippen molar-refractivity contribution in [3.8, 4) is 12.3 Å². The highest BCUT2D eigenvalue weighted by molar-refractivity contribution is 14.0. The molecule has 0 heterocycles. The first-order chi connectivity index (χ1) is 7.86. The maximum atomic E-state index is 5.16. The summed E-state index contributed by atoms with van der Waals surface area (Å²) >= 11 is 0. The minimum atomic E-state index is 0. The molecule has 3 nitrogen and oxygen atoms in total. The summed E-state index contributed by atoms with van der Waals surface area (Å²) in [5.41, 5.74) is 1.31. The van der Waals surface area contributed by atoms with E-state index < -0.39 is 0 Å². The molecular weight excluding hydrogens is 325 g/mol. The third kappa shape index (κ3) is 6.84. The summed E-state index contributed by atoms with van der Waals surface area (Å²) < 4.78 is 0. The topological polar surface area (TPSA) is 36.4 Å². The Bertz CT molecular complexity index is 368. The lowest BCUT2D eigenvalue weighted by Crippen LogP contribution is -2.38. The van der Waals surface area contributed by atoms with Gasteiger partial charge < -0.3 is 10.6 Å². The largest absolute Gasteiger partial charge is 0.356 e. The average Bonchev–Trinajstić information content (AvgIpc) is 2.35. The van der Waals surface area contributed by atoms with E-state index in [0.29, 0.717) is 6.54 Å². The van der Waals surface area contributed by atoms with Gasteiger partial charge in [-0.3, -0.25) is 4.99 Å². The van der Waals surface area contributed by atoms with E-state index in [-0.39, 0.29) is 24.0 Å². The molecule has 1 aromatic carbocycles. The molecule has 0 radical (unpaired) electrons. The smallest absolute Gasteiger partial charge is 0.191 e. The van der Waals surface area contributed by atoms with Crippen molar-refractivity contribution in [3.05, 3.63) is 35.9 Å². The monoisotopic (exact) mass is 343 g/mol. The zero-order valence-corrected chi connectivity index (χ0v) is 12.3. The summed E-state index contributed by atoms with van der Waals surface area (Å²) in [4.78, 5) is 4.06. The zero-order chi connectivity index (χ0) is 11.6. The van der Waals surface area contributed by atoms with Crippen LogP contribution in [0.1, 0.15) is 5.56 Å². The first-order valence-corrected chi connectivity index (χ1v) is 5.28. The highest BCUT2D eigenvalue weighted by atomic mass is 127. The quantitative estimate of drug-likeness (QED) is 0.378. The van der Waals surface area contributed by atoms with Gasteiger partial charge in [-0.2, -0.15) is 0 Å². The van der Waals surface area contributed by atoms with Gasteiger partial charge in [0.25, 0.3) is 0 Å². The predicted molar refractivity (Wildman–Crippen MR) is 83.8 cm³/mol. The minimum Gasteiger partial charge on any atom is -0.356 e. The van der Waals surface area contributed by atoms with Crippen LogP contribution in [0.4, 0.5) is 0 Å². The fourth-order valence-electron chi connectivity index (χ4n) is 1.33. The van der Waals surface area contributed by atoms with Crippen molar-refractivity contribution >= 4 is 29.9 Å². The molecule has 0 saturated carbocycles. The average molecular weight is 343 g/mol. The van der Waals surface area contributed by atoms with Crippen molar-refractivity contribution in [3.63, 3.8) is 0 Å². The van der Waals surface area contributed by atoms with E-state index in [4.69, 9.17) is 6.42 Å². The number of hydrogen-bond acceptors (Lipinski definition) is 1. The van der Waals surface area contributed by atoms with Gasteiger partial charge in [0.05, 0.1) is 6.54 Å². The molecule has 4 heteroatoms. The van der Waals surface area contributed by atoms with Gasteiger partial charge >= 0.3 is 0 Å². The summed E-state index contributed by atoms with van der Waals surface area (Å²) in [6, 6.07) is 10.3. The van der Waals surface area contributed by atoms with Gasteiger partial charge in [0.2, 0.25) is 0 Å². The molecule has 0 aliphatic rings. The summed E-state index contributed by atoms with van der Waals surface area (Å²) in [6.07, 6.45) is 6.13. The van der Waals surface area contributed by atoms with Crippen molar-refractivity contribution in [2.24, 2.45) is 4.99 Å². The van der Waals surface area contributed by atoms with Crippen LogP contribution < -0.4 is 10.6 Å². The second-order valence-corrected chi connectivity index (χ2v) is 3.29. The number of terminal acetylenes is 1. The SMILES string of the molecule is C#CCNC(=NC)NCCc1ccccc1.I. The third-order valence-corrected chi connectivity index (χ3v) is 2.13. The second-order valence-electron chi connectivity index (χ2n) is 3.29. The number of nitrogens with one attached hydrogen (secondary N) is 2. The van der Waals surface area contributed by atoms with Crippen molar-refractivity contribution in [2.75, 3.05) is 20.1 Å². The molecule has 0 amide bonds. The Morgan fingerprint density at radius 3 is 2.59 bits per heavy atom. The Morgan fingerprint density at radius 1 is 1.29 bits per heavy atom. The van der Waals surface area contributed by atoms with Crippen molar-refractivity contribution in [2.45, 2.75) is 6.42 Å². The normalized spacial score (nSPS) is 10.0. The maximum Gasteiger partial charge on any atom is 0.191 e. The Kier molecular flexibility index (Phi) is 9.25. The van der Waals surface area contributed by atoms with Crippen LogP contribution in [0.2, 0.25) is 0 Å². The Hall–Kier alpha value is -1.22. The molecule has 0 bridgehead atoms. The van der Waals surface area contributed by atoms with Gasteiger partial charge in [-0.25, -0.2) is 0 Å². The molecule has 0 atom stereocenters. The first kappa shape index (κ1) is 15.8. The van der Waals surface area contributed by atoms with E-state index in [9.17, 15) is 0 Å². The number of hydrogen-bond donors (Lipinski definition) is 2.